The average Bonchev–Trinajstić information content (AvgIpc) is 2.39. The van der Waals surface area contributed by atoms with E-state index in [0.717, 1.165) is 25.7 Å². The highest BCUT2D eigenvalue weighted by molar-refractivity contribution is 5.97. The second-order valence-corrected chi connectivity index (χ2v) is 4.67. The molecule has 1 aromatic rings. The van der Waals surface area contributed by atoms with Crippen LogP contribution < -0.4 is 10.5 Å². The van der Waals surface area contributed by atoms with Crippen LogP contribution in [0.5, 0.6) is 5.75 Å². The van der Waals surface area contributed by atoms with Crippen molar-refractivity contribution in [1.29, 1.82) is 5.41 Å². The number of rotatable bonds is 4. The lowest BCUT2D eigenvalue weighted by Crippen LogP contribution is -2.30. The molecule has 18 heavy (non-hydrogen) atoms. The molecular formula is C14H20N2O2. The van der Waals surface area contributed by atoms with E-state index in [2.05, 4.69) is 0 Å². The van der Waals surface area contributed by atoms with Crippen LogP contribution in [0, 0.1) is 5.41 Å². The standard InChI is InChI=1S/C14H20N2O2/c1-17-10-5-4-6-11(9-10)18-13-8-3-2-7-12(13)14(15)16/h2-3,7-8,10-11H,4-6,9H2,1H3,(H3,15,16). The minimum absolute atomic E-state index is 0.0460. The predicted octanol–water partition coefficient (Wildman–Crippen LogP) is 2.31. The van der Waals surface area contributed by atoms with Gasteiger partial charge in [0.1, 0.15) is 17.7 Å². The van der Waals surface area contributed by atoms with E-state index in [1.54, 1.807) is 7.11 Å². The van der Waals surface area contributed by atoms with Crippen molar-refractivity contribution < 1.29 is 9.47 Å². The fourth-order valence-corrected chi connectivity index (χ4v) is 2.39. The molecule has 4 heteroatoms. The maximum absolute atomic E-state index is 7.54. The highest BCUT2D eigenvalue weighted by Crippen LogP contribution is 2.27. The summed E-state index contributed by atoms with van der Waals surface area (Å²) >= 11 is 0. The summed E-state index contributed by atoms with van der Waals surface area (Å²) in [6, 6.07) is 7.45. The fourth-order valence-electron chi connectivity index (χ4n) is 2.39. The number of hydrogen-bond acceptors (Lipinski definition) is 3. The first-order valence-electron chi connectivity index (χ1n) is 6.33. The topological polar surface area (TPSA) is 68.3 Å². The maximum atomic E-state index is 7.54. The van der Waals surface area contributed by atoms with Crippen LogP contribution >= 0.6 is 0 Å². The van der Waals surface area contributed by atoms with Gasteiger partial charge in [-0.3, -0.25) is 5.41 Å². The molecule has 98 valence electrons. The Morgan fingerprint density at radius 1 is 1.28 bits per heavy atom. The molecule has 0 aliphatic heterocycles. The summed E-state index contributed by atoms with van der Waals surface area (Å²) in [6.07, 6.45) is 4.60. The van der Waals surface area contributed by atoms with Crippen LogP contribution in [-0.2, 0) is 4.74 Å². The van der Waals surface area contributed by atoms with Crippen LogP contribution in [0.25, 0.3) is 0 Å². The van der Waals surface area contributed by atoms with Crippen molar-refractivity contribution in [3.8, 4) is 5.75 Å². The van der Waals surface area contributed by atoms with Gasteiger partial charge in [0.2, 0.25) is 0 Å². The monoisotopic (exact) mass is 248 g/mol. The molecule has 1 aromatic carbocycles. The van der Waals surface area contributed by atoms with Gasteiger partial charge in [-0.05, 0) is 31.4 Å². The summed E-state index contributed by atoms with van der Waals surface area (Å²) in [6.45, 7) is 0. The largest absolute Gasteiger partial charge is 0.490 e. The lowest BCUT2D eigenvalue weighted by atomic mass is 9.95. The summed E-state index contributed by atoms with van der Waals surface area (Å²) in [5, 5.41) is 7.54. The molecule has 1 saturated carbocycles. The lowest BCUT2D eigenvalue weighted by Gasteiger charge is -2.29. The van der Waals surface area contributed by atoms with Crippen molar-refractivity contribution >= 4 is 5.84 Å². The van der Waals surface area contributed by atoms with Gasteiger partial charge in [0.15, 0.2) is 0 Å². The molecule has 0 saturated heterocycles. The third-order valence-electron chi connectivity index (χ3n) is 3.38. The van der Waals surface area contributed by atoms with Crippen LogP contribution in [0.2, 0.25) is 0 Å². The Hall–Kier alpha value is -1.55. The van der Waals surface area contributed by atoms with E-state index >= 15 is 0 Å². The summed E-state index contributed by atoms with van der Waals surface area (Å²) in [5.41, 5.74) is 6.22. The van der Waals surface area contributed by atoms with Gasteiger partial charge in [-0.1, -0.05) is 12.1 Å². The first-order chi connectivity index (χ1) is 8.70. The van der Waals surface area contributed by atoms with E-state index in [1.165, 1.54) is 0 Å². The highest BCUT2D eigenvalue weighted by atomic mass is 16.5. The zero-order chi connectivity index (χ0) is 13.0. The summed E-state index contributed by atoms with van der Waals surface area (Å²) in [4.78, 5) is 0. The summed E-state index contributed by atoms with van der Waals surface area (Å²) in [5.74, 6) is 0.747. The van der Waals surface area contributed by atoms with Crippen molar-refractivity contribution in [3.05, 3.63) is 29.8 Å². The molecule has 3 N–H and O–H groups in total. The first-order valence-corrected chi connectivity index (χ1v) is 6.33. The average molecular weight is 248 g/mol. The number of methoxy groups -OCH3 is 1. The Balaban J connectivity index is 2.07. The molecular weight excluding hydrogens is 228 g/mol. The molecule has 0 heterocycles. The minimum atomic E-state index is 0.0460. The van der Waals surface area contributed by atoms with Crippen molar-refractivity contribution in [2.75, 3.05) is 7.11 Å². The maximum Gasteiger partial charge on any atom is 0.130 e. The van der Waals surface area contributed by atoms with Gasteiger partial charge in [0.05, 0.1) is 11.7 Å². The van der Waals surface area contributed by atoms with Gasteiger partial charge in [-0.15, -0.1) is 0 Å². The quantitative estimate of drug-likeness (QED) is 0.634. The molecule has 0 aromatic heterocycles. The van der Waals surface area contributed by atoms with E-state index in [9.17, 15) is 0 Å². The molecule has 4 nitrogen and oxygen atoms in total. The van der Waals surface area contributed by atoms with E-state index in [-0.39, 0.29) is 18.0 Å². The molecule has 2 rings (SSSR count). The van der Waals surface area contributed by atoms with Crippen molar-refractivity contribution in [1.82, 2.24) is 0 Å². The minimum Gasteiger partial charge on any atom is -0.490 e. The number of nitrogens with one attached hydrogen (secondary N) is 1. The number of nitrogens with two attached hydrogens (primary N) is 1. The summed E-state index contributed by atoms with van der Waals surface area (Å²) < 4.78 is 11.4. The van der Waals surface area contributed by atoms with Crippen molar-refractivity contribution in [2.45, 2.75) is 37.9 Å². The van der Waals surface area contributed by atoms with Crippen LogP contribution in [0.3, 0.4) is 0 Å². The Morgan fingerprint density at radius 3 is 2.72 bits per heavy atom. The fraction of sp³-hybridized carbons (Fsp3) is 0.500. The molecule has 2 atom stereocenters. The van der Waals surface area contributed by atoms with Crippen molar-refractivity contribution in [3.63, 3.8) is 0 Å². The molecule has 0 bridgehead atoms. The SMILES string of the molecule is COC1CCCC(Oc2ccccc2C(=N)N)C1. The van der Waals surface area contributed by atoms with E-state index in [0.29, 0.717) is 11.3 Å². The third kappa shape index (κ3) is 3.01. The second kappa shape index (κ2) is 5.87. The van der Waals surface area contributed by atoms with E-state index in [1.807, 2.05) is 24.3 Å². The Kier molecular flexibility index (Phi) is 4.20. The summed E-state index contributed by atoms with van der Waals surface area (Å²) in [7, 11) is 1.75. The van der Waals surface area contributed by atoms with Gasteiger partial charge >= 0.3 is 0 Å². The van der Waals surface area contributed by atoms with E-state index in [4.69, 9.17) is 20.6 Å². The molecule has 1 fully saturated rings. The Labute approximate surface area is 108 Å². The Morgan fingerprint density at radius 2 is 2.00 bits per heavy atom. The number of nitrogen functional groups attached to an aromatic ring is 1. The smallest absolute Gasteiger partial charge is 0.130 e. The van der Waals surface area contributed by atoms with Crippen LogP contribution in [0.1, 0.15) is 31.2 Å². The van der Waals surface area contributed by atoms with Crippen LogP contribution in [0.15, 0.2) is 24.3 Å². The van der Waals surface area contributed by atoms with Crippen LogP contribution in [-0.4, -0.2) is 25.2 Å². The molecule has 0 spiro atoms. The Bertz CT molecular complexity index is 420. The van der Waals surface area contributed by atoms with E-state index < -0.39 is 0 Å². The number of para-hydroxylation sites is 1. The van der Waals surface area contributed by atoms with Gasteiger partial charge in [0.25, 0.3) is 0 Å². The molecule has 2 unspecified atom stereocenters. The molecule has 0 amide bonds. The van der Waals surface area contributed by atoms with Crippen LogP contribution in [0.4, 0.5) is 0 Å². The van der Waals surface area contributed by atoms with Gasteiger partial charge in [0, 0.05) is 13.5 Å². The zero-order valence-corrected chi connectivity index (χ0v) is 10.7. The predicted molar refractivity (Wildman–Crippen MR) is 71.1 cm³/mol. The second-order valence-electron chi connectivity index (χ2n) is 4.67. The highest BCUT2D eigenvalue weighted by Gasteiger charge is 2.23. The number of benzene rings is 1. The molecule has 0 radical (unpaired) electrons. The normalized spacial score (nSPS) is 23.6. The number of amidine groups is 1. The molecule has 1 aliphatic carbocycles. The zero-order valence-electron chi connectivity index (χ0n) is 10.7. The van der Waals surface area contributed by atoms with Crippen molar-refractivity contribution in [2.24, 2.45) is 5.73 Å². The van der Waals surface area contributed by atoms with Gasteiger partial charge < -0.3 is 15.2 Å². The lowest BCUT2D eigenvalue weighted by molar-refractivity contribution is 0.0209. The van der Waals surface area contributed by atoms with Gasteiger partial charge in [-0.25, -0.2) is 0 Å². The third-order valence-corrected chi connectivity index (χ3v) is 3.38. The van der Waals surface area contributed by atoms with Gasteiger partial charge in [-0.2, -0.15) is 0 Å². The number of ether oxygens (including phenoxy) is 2. The number of hydrogen-bond donors (Lipinski definition) is 2. The molecule has 1 aliphatic rings. The first kappa shape index (κ1) is 12.9.